The molecule has 0 bridgehead atoms. The summed E-state index contributed by atoms with van der Waals surface area (Å²) >= 11 is 0. The van der Waals surface area contributed by atoms with Crippen molar-refractivity contribution < 1.29 is 9.47 Å². The molecule has 1 atom stereocenters. The first-order valence-corrected chi connectivity index (χ1v) is 11.5. The number of rotatable bonds is 10. The summed E-state index contributed by atoms with van der Waals surface area (Å²) in [7, 11) is 1.74. The van der Waals surface area contributed by atoms with E-state index in [9.17, 15) is 0 Å². The zero-order chi connectivity index (χ0) is 22.1. The smallest absolute Gasteiger partial charge is 0.123 e. The summed E-state index contributed by atoms with van der Waals surface area (Å²) in [5.74, 6) is 2.00. The maximum Gasteiger partial charge on any atom is 0.123 e. The molecule has 1 aliphatic heterocycles. The van der Waals surface area contributed by atoms with E-state index in [1.807, 2.05) is 6.07 Å². The number of ether oxygens (including phenoxy) is 2. The Morgan fingerprint density at radius 1 is 1.00 bits per heavy atom. The van der Waals surface area contributed by atoms with Gasteiger partial charge in [0.05, 0.1) is 7.11 Å². The summed E-state index contributed by atoms with van der Waals surface area (Å²) in [6.07, 6.45) is 16.1. The molecular weight excluding hydrogens is 368 g/mol. The number of fused-ring (bicyclic) bond motifs is 1. The second kappa shape index (κ2) is 11.4. The average Bonchev–Trinajstić information content (AvgIpc) is 2.68. The zero-order valence-electron chi connectivity index (χ0n) is 20.4. The summed E-state index contributed by atoms with van der Waals surface area (Å²) in [6, 6.07) is 4.10. The van der Waals surface area contributed by atoms with Gasteiger partial charge in [-0.3, -0.25) is 0 Å². The van der Waals surface area contributed by atoms with Crippen molar-refractivity contribution in [2.24, 2.45) is 0 Å². The Labute approximate surface area is 185 Å². The lowest BCUT2D eigenvalue weighted by Gasteiger charge is -2.36. The van der Waals surface area contributed by atoms with Crippen molar-refractivity contribution in [2.45, 2.75) is 98.5 Å². The van der Waals surface area contributed by atoms with E-state index in [0.717, 1.165) is 56.4 Å². The molecule has 0 fully saturated rings. The van der Waals surface area contributed by atoms with Crippen LogP contribution >= 0.6 is 0 Å². The average molecular weight is 411 g/mol. The van der Waals surface area contributed by atoms with Gasteiger partial charge in [-0.2, -0.15) is 0 Å². The van der Waals surface area contributed by atoms with E-state index in [-0.39, 0.29) is 5.60 Å². The number of hydrogen-bond donors (Lipinski definition) is 0. The summed E-state index contributed by atoms with van der Waals surface area (Å²) in [5, 5.41) is 0. The van der Waals surface area contributed by atoms with Crippen molar-refractivity contribution in [2.75, 3.05) is 7.11 Å². The van der Waals surface area contributed by atoms with Crippen LogP contribution in [0.1, 0.15) is 90.7 Å². The molecule has 1 aromatic carbocycles. The van der Waals surface area contributed by atoms with Crippen LogP contribution in [0, 0.1) is 6.92 Å². The Kier molecular flexibility index (Phi) is 9.27. The number of methoxy groups -OCH3 is 1. The highest BCUT2D eigenvalue weighted by molar-refractivity contribution is 5.49. The van der Waals surface area contributed by atoms with Crippen LogP contribution in [-0.2, 0) is 6.42 Å². The maximum absolute atomic E-state index is 6.45. The second-order valence-electron chi connectivity index (χ2n) is 9.42. The summed E-state index contributed by atoms with van der Waals surface area (Å²) in [4.78, 5) is 0. The Morgan fingerprint density at radius 3 is 2.27 bits per heavy atom. The van der Waals surface area contributed by atoms with E-state index < -0.39 is 0 Å². The van der Waals surface area contributed by atoms with Gasteiger partial charge in [0.2, 0.25) is 0 Å². The molecule has 1 unspecified atom stereocenters. The molecule has 0 aromatic heterocycles. The molecule has 30 heavy (non-hydrogen) atoms. The second-order valence-corrected chi connectivity index (χ2v) is 9.42. The standard InChI is InChI=1S/C28H42O2/c1-21(2)11-8-12-22(3)13-9-14-23(4)15-10-19-28(6)20-18-25-24(5)26(29-7)16-17-27(25)30-28/h11,13,15-17H,8-10,12,14,18-20H2,1-7H3. The number of benzene rings is 1. The first kappa shape index (κ1) is 24.3. The van der Waals surface area contributed by atoms with Gasteiger partial charge in [-0.1, -0.05) is 34.9 Å². The maximum atomic E-state index is 6.45. The zero-order valence-corrected chi connectivity index (χ0v) is 20.4. The van der Waals surface area contributed by atoms with E-state index in [2.05, 4.69) is 65.8 Å². The van der Waals surface area contributed by atoms with E-state index in [1.165, 1.54) is 34.3 Å². The van der Waals surface area contributed by atoms with Crippen LogP contribution in [0.2, 0.25) is 0 Å². The number of allylic oxidation sites excluding steroid dienone is 6. The highest BCUT2D eigenvalue weighted by Gasteiger charge is 2.32. The van der Waals surface area contributed by atoms with Crippen LogP contribution in [-0.4, -0.2) is 12.7 Å². The minimum atomic E-state index is -0.0772. The van der Waals surface area contributed by atoms with Gasteiger partial charge in [-0.25, -0.2) is 0 Å². The van der Waals surface area contributed by atoms with Gasteiger partial charge in [0.15, 0.2) is 0 Å². The molecular formula is C28H42O2. The van der Waals surface area contributed by atoms with Gasteiger partial charge in [0.25, 0.3) is 0 Å². The number of hydrogen-bond acceptors (Lipinski definition) is 2. The van der Waals surface area contributed by atoms with Gasteiger partial charge in [-0.15, -0.1) is 0 Å². The molecule has 0 saturated carbocycles. The predicted molar refractivity (Wildman–Crippen MR) is 130 cm³/mol. The molecule has 1 aliphatic rings. The first-order chi connectivity index (χ1) is 14.2. The lowest BCUT2D eigenvalue weighted by atomic mass is 9.87. The minimum Gasteiger partial charge on any atom is -0.496 e. The fourth-order valence-corrected chi connectivity index (χ4v) is 4.18. The van der Waals surface area contributed by atoms with Crippen LogP contribution in [0.25, 0.3) is 0 Å². The molecule has 0 amide bonds. The quantitative estimate of drug-likeness (QED) is 0.361. The SMILES string of the molecule is COc1ccc2c(c1C)CCC(C)(CCC=C(C)CCC=C(C)CCC=C(C)C)O2. The molecule has 1 heterocycles. The van der Waals surface area contributed by atoms with E-state index >= 15 is 0 Å². The lowest BCUT2D eigenvalue weighted by Crippen LogP contribution is -2.36. The summed E-state index contributed by atoms with van der Waals surface area (Å²) < 4.78 is 11.9. The summed E-state index contributed by atoms with van der Waals surface area (Å²) in [5.41, 5.74) is 6.86. The Bertz CT molecular complexity index is 793. The fraction of sp³-hybridized carbons (Fsp3) is 0.571. The third-order valence-corrected chi connectivity index (χ3v) is 6.27. The minimum absolute atomic E-state index is 0.0772. The third-order valence-electron chi connectivity index (χ3n) is 6.27. The molecule has 1 aromatic rings. The fourth-order valence-electron chi connectivity index (χ4n) is 4.18. The van der Waals surface area contributed by atoms with Crippen molar-refractivity contribution in [3.8, 4) is 11.5 Å². The van der Waals surface area contributed by atoms with Crippen molar-refractivity contribution in [1.82, 2.24) is 0 Å². The Balaban J connectivity index is 1.80. The van der Waals surface area contributed by atoms with Crippen LogP contribution in [0.5, 0.6) is 11.5 Å². The highest BCUT2D eigenvalue weighted by Crippen LogP contribution is 2.40. The summed E-state index contributed by atoms with van der Waals surface area (Å²) in [6.45, 7) is 13.3. The van der Waals surface area contributed by atoms with Crippen LogP contribution < -0.4 is 9.47 Å². The van der Waals surface area contributed by atoms with E-state index in [4.69, 9.17) is 9.47 Å². The van der Waals surface area contributed by atoms with Gasteiger partial charge < -0.3 is 9.47 Å². The lowest BCUT2D eigenvalue weighted by molar-refractivity contribution is 0.0568. The van der Waals surface area contributed by atoms with Gasteiger partial charge >= 0.3 is 0 Å². The Hall–Kier alpha value is -1.96. The molecule has 0 spiro atoms. The predicted octanol–water partition coefficient (Wildman–Crippen LogP) is 8.29. The van der Waals surface area contributed by atoms with Gasteiger partial charge in [0.1, 0.15) is 17.1 Å². The monoisotopic (exact) mass is 410 g/mol. The molecule has 166 valence electrons. The van der Waals surface area contributed by atoms with Crippen molar-refractivity contribution >= 4 is 0 Å². The van der Waals surface area contributed by atoms with E-state index in [0.29, 0.717) is 0 Å². The van der Waals surface area contributed by atoms with Crippen molar-refractivity contribution in [3.63, 3.8) is 0 Å². The molecule has 0 aliphatic carbocycles. The van der Waals surface area contributed by atoms with Crippen molar-refractivity contribution in [1.29, 1.82) is 0 Å². The molecule has 2 heteroatoms. The highest BCUT2D eigenvalue weighted by atomic mass is 16.5. The van der Waals surface area contributed by atoms with Gasteiger partial charge in [0, 0.05) is 5.56 Å². The Morgan fingerprint density at radius 2 is 1.63 bits per heavy atom. The molecule has 0 radical (unpaired) electrons. The normalized spacial score (nSPS) is 19.2. The molecule has 0 N–H and O–H groups in total. The van der Waals surface area contributed by atoms with Crippen LogP contribution in [0.3, 0.4) is 0 Å². The third kappa shape index (κ3) is 7.38. The largest absolute Gasteiger partial charge is 0.496 e. The van der Waals surface area contributed by atoms with Crippen LogP contribution in [0.15, 0.2) is 47.1 Å². The first-order valence-electron chi connectivity index (χ1n) is 11.5. The van der Waals surface area contributed by atoms with Crippen LogP contribution in [0.4, 0.5) is 0 Å². The topological polar surface area (TPSA) is 18.5 Å². The molecule has 2 nitrogen and oxygen atoms in total. The van der Waals surface area contributed by atoms with Gasteiger partial charge in [-0.05, 0) is 111 Å². The molecule has 0 saturated heterocycles. The van der Waals surface area contributed by atoms with E-state index in [1.54, 1.807) is 7.11 Å². The molecule has 2 rings (SSSR count). The van der Waals surface area contributed by atoms with Crippen molar-refractivity contribution in [3.05, 3.63) is 58.2 Å².